The van der Waals surface area contributed by atoms with Crippen LogP contribution in [0.15, 0.2) is 18.5 Å². The first-order chi connectivity index (χ1) is 15.4. The van der Waals surface area contributed by atoms with Gasteiger partial charge < -0.3 is 25.7 Å². The Balaban J connectivity index is 1.71. The number of hydrogen-bond acceptors (Lipinski definition) is 8. The van der Waals surface area contributed by atoms with Gasteiger partial charge in [-0.3, -0.25) is 0 Å². The lowest BCUT2D eigenvalue weighted by Crippen LogP contribution is -2.24. The van der Waals surface area contributed by atoms with E-state index < -0.39 is 11.6 Å². The third kappa shape index (κ3) is 3.44. The van der Waals surface area contributed by atoms with Gasteiger partial charge in [0.25, 0.3) is 0 Å². The van der Waals surface area contributed by atoms with Crippen LogP contribution in [-0.2, 0) is 0 Å². The van der Waals surface area contributed by atoms with Crippen molar-refractivity contribution in [2.75, 3.05) is 30.9 Å². The Bertz CT molecular complexity index is 1320. The zero-order chi connectivity index (χ0) is 22.6. The molecule has 5 rings (SSSR count). The van der Waals surface area contributed by atoms with Crippen molar-refractivity contribution in [1.82, 2.24) is 24.9 Å². The summed E-state index contributed by atoms with van der Waals surface area (Å²) < 4.78 is 35.1. The van der Waals surface area contributed by atoms with Gasteiger partial charge in [-0.15, -0.1) is 0 Å². The number of aryl methyl sites for hydroxylation is 1. The van der Waals surface area contributed by atoms with Crippen molar-refractivity contribution < 1.29 is 13.5 Å². The van der Waals surface area contributed by atoms with E-state index in [1.165, 1.54) is 12.4 Å². The van der Waals surface area contributed by atoms with Crippen molar-refractivity contribution in [3.05, 3.63) is 35.9 Å². The van der Waals surface area contributed by atoms with Crippen molar-refractivity contribution >= 4 is 33.4 Å². The third-order valence-corrected chi connectivity index (χ3v) is 5.67. The van der Waals surface area contributed by atoms with Gasteiger partial charge >= 0.3 is 6.01 Å². The van der Waals surface area contributed by atoms with Gasteiger partial charge in [-0.2, -0.15) is 9.97 Å². The fourth-order valence-corrected chi connectivity index (χ4v) is 3.84. The van der Waals surface area contributed by atoms with Crippen molar-refractivity contribution in [2.45, 2.75) is 19.4 Å². The summed E-state index contributed by atoms with van der Waals surface area (Å²) in [5, 5.41) is 3.34. The van der Waals surface area contributed by atoms with Gasteiger partial charge in [-0.1, -0.05) is 0 Å². The number of rotatable bonds is 6. The van der Waals surface area contributed by atoms with Crippen molar-refractivity contribution in [3.63, 3.8) is 0 Å². The molecule has 3 aromatic heterocycles. The zero-order valence-electron chi connectivity index (χ0n) is 17.8. The molecule has 0 amide bonds. The van der Waals surface area contributed by atoms with Crippen LogP contribution in [-0.4, -0.2) is 51.6 Å². The molecule has 1 aliphatic rings. The first kappa shape index (κ1) is 20.3. The first-order valence-electron chi connectivity index (χ1n) is 10.2. The highest BCUT2D eigenvalue weighted by Crippen LogP contribution is 2.39. The summed E-state index contributed by atoms with van der Waals surface area (Å²) in [6.45, 7) is 2.38. The van der Waals surface area contributed by atoms with Crippen LogP contribution in [0, 0.1) is 24.5 Å². The van der Waals surface area contributed by atoms with Gasteiger partial charge in [0.1, 0.15) is 17.3 Å². The number of H-pyrrole nitrogens is 1. The molecule has 2 atom stereocenters. The van der Waals surface area contributed by atoms with Gasteiger partial charge in [0.15, 0.2) is 17.4 Å². The predicted molar refractivity (Wildman–Crippen MR) is 117 cm³/mol. The van der Waals surface area contributed by atoms with E-state index in [9.17, 15) is 8.78 Å². The topological polar surface area (TPSA) is 118 Å². The van der Waals surface area contributed by atoms with Crippen LogP contribution in [0.5, 0.6) is 11.8 Å². The highest BCUT2D eigenvalue weighted by atomic mass is 19.2. The standard InChI is InChI=1S/C21H22F2N8O/c1-9-26-6-11(7-27-9)32-21-29-19-16(20(30-21)31(3)8-10-4-13(10)24)15-17(23)12(22)5-14(25-2)18(15)28-19/h5-7,10,13,25H,4,8,24H2,1-3H3,(H,28,29,30). The third-order valence-electron chi connectivity index (χ3n) is 5.67. The molecule has 0 saturated heterocycles. The summed E-state index contributed by atoms with van der Waals surface area (Å²) in [5.41, 5.74) is 7.10. The molecule has 166 valence electrons. The second kappa shape index (κ2) is 7.52. The first-order valence-corrected chi connectivity index (χ1v) is 10.2. The van der Waals surface area contributed by atoms with Gasteiger partial charge in [0, 0.05) is 32.7 Å². The normalized spacial score (nSPS) is 17.7. The van der Waals surface area contributed by atoms with Crippen LogP contribution in [0.2, 0.25) is 0 Å². The molecule has 1 saturated carbocycles. The van der Waals surface area contributed by atoms with E-state index in [2.05, 4.69) is 30.2 Å². The summed E-state index contributed by atoms with van der Waals surface area (Å²) in [6.07, 6.45) is 3.94. The molecule has 0 aliphatic heterocycles. The highest BCUT2D eigenvalue weighted by molar-refractivity contribution is 6.14. The number of nitrogens with one attached hydrogen (secondary N) is 2. The average Bonchev–Trinajstić information content (AvgIpc) is 3.32. The molecule has 4 N–H and O–H groups in total. The SMILES string of the molecule is CNc1cc(F)c(F)c2c1[nH]c1nc(Oc3cnc(C)nc3)nc(N(C)CC3CC3N)c12. The Morgan fingerprint density at radius 3 is 2.62 bits per heavy atom. The Hall–Kier alpha value is -3.60. The number of halogens is 2. The van der Waals surface area contributed by atoms with Crippen molar-refractivity contribution in [3.8, 4) is 11.8 Å². The van der Waals surface area contributed by atoms with Crippen LogP contribution in [0.25, 0.3) is 21.9 Å². The maximum absolute atomic E-state index is 15.0. The number of anilines is 2. The predicted octanol–water partition coefficient (Wildman–Crippen LogP) is 3.11. The molecular formula is C21H22F2N8O. The molecule has 0 spiro atoms. The zero-order valence-corrected chi connectivity index (χ0v) is 17.8. The molecule has 1 aliphatic carbocycles. The van der Waals surface area contributed by atoms with Crippen LogP contribution in [0.4, 0.5) is 20.3 Å². The average molecular weight is 440 g/mol. The molecule has 32 heavy (non-hydrogen) atoms. The largest absolute Gasteiger partial charge is 0.421 e. The Morgan fingerprint density at radius 1 is 1.25 bits per heavy atom. The molecule has 0 bridgehead atoms. The van der Waals surface area contributed by atoms with Crippen molar-refractivity contribution in [2.24, 2.45) is 11.7 Å². The van der Waals surface area contributed by atoms with E-state index in [-0.39, 0.29) is 17.4 Å². The van der Waals surface area contributed by atoms with E-state index in [1.54, 1.807) is 14.0 Å². The lowest BCUT2D eigenvalue weighted by Gasteiger charge is -2.19. The van der Waals surface area contributed by atoms with E-state index in [0.717, 1.165) is 12.5 Å². The van der Waals surface area contributed by atoms with Gasteiger partial charge in [0.05, 0.1) is 34.4 Å². The lowest BCUT2D eigenvalue weighted by molar-refractivity contribution is 0.439. The molecule has 3 heterocycles. The Labute approximate surface area is 182 Å². The highest BCUT2D eigenvalue weighted by Gasteiger charge is 2.35. The maximum Gasteiger partial charge on any atom is 0.326 e. The number of ether oxygens (including phenoxy) is 1. The number of aromatic nitrogens is 5. The van der Waals surface area contributed by atoms with Crippen LogP contribution in [0.3, 0.4) is 0 Å². The molecule has 2 unspecified atom stereocenters. The fraction of sp³-hybridized carbons (Fsp3) is 0.333. The number of aromatic amines is 1. The minimum Gasteiger partial charge on any atom is -0.421 e. The van der Waals surface area contributed by atoms with E-state index >= 15 is 0 Å². The lowest BCUT2D eigenvalue weighted by atomic mass is 10.1. The second-order valence-electron chi connectivity index (χ2n) is 8.01. The van der Waals surface area contributed by atoms with E-state index in [4.69, 9.17) is 10.5 Å². The Kier molecular flexibility index (Phi) is 4.77. The number of benzene rings is 1. The minimum atomic E-state index is -0.966. The van der Waals surface area contributed by atoms with Crippen LogP contribution >= 0.6 is 0 Å². The second-order valence-corrected chi connectivity index (χ2v) is 8.01. The number of fused-ring (bicyclic) bond motifs is 3. The van der Waals surface area contributed by atoms with Crippen molar-refractivity contribution in [1.29, 1.82) is 0 Å². The Morgan fingerprint density at radius 2 is 1.97 bits per heavy atom. The molecule has 9 nitrogen and oxygen atoms in total. The minimum absolute atomic E-state index is 0.0327. The number of hydrogen-bond donors (Lipinski definition) is 3. The molecular weight excluding hydrogens is 418 g/mol. The summed E-state index contributed by atoms with van der Waals surface area (Å²) in [4.78, 5) is 22.1. The number of nitrogens with zero attached hydrogens (tertiary/aromatic N) is 5. The molecule has 1 fully saturated rings. The fourth-order valence-electron chi connectivity index (χ4n) is 3.84. The monoisotopic (exact) mass is 440 g/mol. The van der Waals surface area contributed by atoms with Gasteiger partial charge in [-0.05, 0) is 19.3 Å². The molecule has 0 radical (unpaired) electrons. The summed E-state index contributed by atoms with van der Waals surface area (Å²) >= 11 is 0. The quantitative estimate of drug-likeness (QED) is 0.419. The summed E-state index contributed by atoms with van der Waals surface area (Å²) in [6, 6.07) is 1.27. The van der Waals surface area contributed by atoms with E-state index in [1.807, 2.05) is 11.9 Å². The van der Waals surface area contributed by atoms with Crippen LogP contribution in [0.1, 0.15) is 12.2 Å². The molecule has 4 aromatic rings. The van der Waals surface area contributed by atoms with Crippen LogP contribution < -0.4 is 20.7 Å². The maximum atomic E-state index is 15.0. The summed E-state index contributed by atoms with van der Waals surface area (Å²) in [5.74, 6) is -0.251. The summed E-state index contributed by atoms with van der Waals surface area (Å²) in [7, 11) is 3.47. The van der Waals surface area contributed by atoms with E-state index in [0.29, 0.717) is 52.1 Å². The van der Waals surface area contributed by atoms with Gasteiger partial charge in [0.2, 0.25) is 0 Å². The van der Waals surface area contributed by atoms with Gasteiger partial charge in [-0.25, -0.2) is 18.7 Å². The smallest absolute Gasteiger partial charge is 0.326 e. The molecule has 1 aromatic carbocycles. The number of nitrogens with two attached hydrogens (primary N) is 1. The molecule has 11 heteroatoms.